The number of aromatic nitrogens is 1. The van der Waals surface area contributed by atoms with Gasteiger partial charge in [0, 0.05) is 23.4 Å². The molecule has 2 aliphatic carbocycles. The average Bonchev–Trinajstić information content (AvgIpc) is 3.66. The lowest BCUT2D eigenvalue weighted by Gasteiger charge is -2.43. The van der Waals surface area contributed by atoms with Gasteiger partial charge in [0.05, 0.1) is 18.9 Å². The second-order valence-corrected chi connectivity index (χ2v) is 10.3. The molecule has 2 heterocycles. The summed E-state index contributed by atoms with van der Waals surface area (Å²) in [5.74, 6) is 2.03. The molecule has 1 unspecified atom stereocenters. The number of hydrogen-bond acceptors (Lipinski definition) is 4. The molecule has 0 radical (unpaired) electrons. The Labute approximate surface area is 189 Å². The lowest BCUT2D eigenvalue weighted by molar-refractivity contribution is 0.0522. The summed E-state index contributed by atoms with van der Waals surface area (Å²) in [6.45, 7) is 9.41. The number of carbonyl (C=O) groups is 1. The minimum absolute atomic E-state index is 0.109. The Morgan fingerprint density at radius 1 is 1.19 bits per heavy atom. The first-order valence-corrected chi connectivity index (χ1v) is 12.1. The number of rotatable bonds is 7. The summed E-state index contributed by atoms with van der Waals surface area (Å²) in [6, 6.07) is 6.12. The van der Waals surface area contributed by atoms with Crippen LogP contribution in [-0.2, 0) is 16.7 Å². The van der Waals surface area contributed by atoms with Crippen LogP contribution in [0.1, 0.15) is 80.8 Å². The Hall–Kier alpha value is -2.56. The van der Waals surface area contributed by atoms with Crippen molar-refractivity contribution in [1.82, 2.24) is 4.57 Å². The third-order valence-corrected chi connectivity index (χ3v) is 7.59. The summed E-state index contributed by atoms with van der Waals surface area (Å²) in [4.78, 5) is 25.4. The first-order chi connectivity index (χ1) is 15.3. The van der Waals surface area contributed by atoms with Crippen molar-refractivity contribution in [3.8, 4) is 17.0 Å². The number of benzene rings is 1. The van der Waals surface area contributed by atoms with Gasteiger partial charge < -0.3 is 14.0 Å². The van der Waals surface area contributed by atoms with Crippen molar-refractivity contribution in [2.75, 3.05) is 13.2 Å². The molecule has 1 aliphatic heterocycles. The fourth-order valence-electron chi connectivity index (χ4n) is 4.83. The summed E-state index contributed by atoms with van der Waals surface area (Å²) in [7, 11) is 0. The Morgan fingerprint density at radius 3 is 2.56 bits per heavy atom. The molecule has 3 aliphatic rings. The van der Waals surface area contributed by atoms with Crippen LogP contribution in [0.5, 0.6) is 5.75 Å². The van der Waals surface area contributed by atoms with Crippen LogP contribution in [0, 0.1) is 11.8 Å². The third-order valence-electron chi connectivity index (χ3n) is 7.59. The van der Waals surface area contributed by atoms with Gasteiger partial charge in [0.1, 0.15) is 11.3 Å². The maximum atomic E-state index is 12.9. The highest BCUT2D eigenvalue weighted by molar-refractivity contribution is 5.89. The van der Waals surface area contributed by atoms with E-state index < -0.39 is 5.97 Å². The Morgan fingerprint density at radius 2 is 1.94 bits per heavy atom. The molecule has 0 saturated heterocycles. The van der Waals surface area contributed by atoms with E-state index in [2.05, 4.69) is 37.5 Å². The van der Waals surface area contributed by atoms with Gasteiger partial charge in [-0.25, -0.2) is 4.79 Å². The summed E-state index contributed by atoms with van der Waals surface area (Å²) in [5.41, 5.74) is 4.03. The molecule has 0 amide bonds. The van der Waals surface area contributed by atoms with Gasteiger partial charge in [0.25, 0.3) is 0 Å². The molecule has 5 heteroatoms. The lowest BCUT2D eigenvalue weighted by atomic mass is 9.76. The van der Waals surface area contributed by atoms with Gasteiger partial charge in [-0.15, -0.1) is 0 Å². The summed E-state index contributed by atoms with van der Waals surface area (Å²) < 4.78 is 13.6. The summed E-state index contributed by atoms with van der Waals surface area (Å²) >= 11 is 0. The molecule has 170 valence electrons. The zero-order valence-electron chi connectivity index (χ0n) is 19.6. The van der Waals surface area contributed by atoms with Gasteiger partial charge in [0.2, 0.25) is 0 Å². The van der Waals surface area contributed by atoms with Crippen LogP contribution in [0.2, 0.25) is 0 Å². The maximum absolute atomic E-state index is 12.9. The van der Waals surface area contributed by atoms with Crippen LogP contribution in [-0.4, -0.2) is 23.8 Å². The lowest BCUT2D eigenvalue weighted by Crippen LogP contribution is -2.42. The predicted molar refractivity (Wildman–Crippen MR) is 124 cm³/mol. The van der Waals surface area contributed by atoms with Crippen molar-refractivity contribution in [1.29, 1.82) is 0 Å². The molecular weight excluding hydrogens is 402 g/mol. The van der Waals surface area contributed by atoms with Gasteiger partial charge in [-0.2, -0.15) is 0 Å². The summed E-state index contributed by atoms with van der Waals surface area (Å²) in [6.07, 6.45) is 7.48. The molecule has 1 aromatic heterocycles. The average molecular weight is 436 g/mol. The van der Waals surface area contributed by atoms with Gasteiger partial charge in [-0.1, -0.05) is 13.8 Å². The molecule has 0 bridgehead atoms. The van der Waals surface area contributed by atoms with E-state index in [0.29, 0.717) is 17.8 Å². The van der Waals surface area contributed by atoms with Crippen molar-refractivity contribution in [3.05, 3.63) is 51.3 Å². The van der Waals surface area contributed by atoms with Crippen molar-refractivity contribution < 1.29 is 14.3 Å². The van der Waals surface area contributed by atoms with Gasteiger partial charge in [0.15, 0.2) is 5.43 Å². The molecule has 2 saturated carbocycles. The van der Waals surface area contributed by atoms with Crippen LogP contribution in [0.3, 0.4) is 0 Å². The molecule has 2 fully saturated rings. The van der Waals surface area contributed by atoms with Gasteiger partial charge in [-0.3, -0.25) is 4.79 Å². The topological polar surface area (TPSA) is 57.5 Å². The van der Waals surface area contributed by atoms with Crippen molar-refractivity contribution >= 4 is 5.97 Å². The van der Waals surface area contributed by atoms with Crippen molar-refractivity contribution in [2.24, 2.45) is 11.8 Å². The minimum Gasteiger partial charge on any atom is -0.493 e. The van der Waals surface area contributed by atoms with E-state index in [1.165, 1.54) is 36.8 Å². The van der Waals surface area contributed by atoms with Crippen molar-refractivity contribution in [2.45, 2.75) is 71.3 Å². The number of fused-ring (bicyclic) bond motifs is 3. The van der Waals surface area contributed by atoms with E-state index in [4.69, 9.17) is 9.47 Å². The number of hydrogen-bond donors (Lipinski definition) is 0. The Kier molecular flexibility index (Phi) is 5.18. The number of carbonyl (C=O) groups excluding carboxylic acids is 1. The molecule has 2 aromatic rings. The smallest absolute Gasteiger partial charge is 0.343 e. The predicted octanol–water partition coefficient (Wildman–Crippen LogP) is 5.29. The molecule has 32 heavy (non-hydrogen) atoms. The standard InChI is InChI=1S/C27H33NO4/c1-5-31-26(30)22-14-28-23(12-24(22)29)20-11-21(18-8-9-18)25(32-15-17-6-7-17)10-19(20)13-27(28,4)16(2)3/h10-12,14,16-18H,5-9,13,15H2,1-4H3. The molecule has 0 N–H and O–H groups in total. The molecule has 0 spiro atoms. The van der Waals surface area contributed by atoms with Gasteiger partial charge >= 0.3 is 5.97 Å². The van der Waals surface area contributed by atoms with Crippen LogP contribution in [0.25, 0.3) is 11.3 Å². The fourth-order valence-corrected chi connectivity index (χ4v) is 4.83. The molecule has 5 nitrogen and oxygen atoms in total. The van der Waals surface area contributed by atoms with E-state index in [0.717, 1.165) is 30.0 Å². The second-order valence-electron chi connectivity index (χ2n) is 10.3. The van der Waals surface area contributed by atoms with Crippen LogP contribution in [0.4, 0.5) is 0 Å². The highest BCUT2D eigenvalue weighted by Gasteiger charge is 2.39. The van der Waals surface area contributed by atoms with Gasteiger partial charge in [-0.05, 0) is 87.0 Å². The van der Waals surface area contributed by atoms with E-state index in [9.17, 15) is 9.59 Å². The Bertz CT molecular complexity index is 1120. The first kappa shape index (κ1) is 21.3. The minimum atomic E-state index is -0.549. The molecule has 1 atom stereocenters. The molecule has 1 aromatic carbocycles. The van der Waals surface area contributed by atoms with Crippen LogP contribution >= 0.6 is 0 Å². The van der Waals surface area contributed by atoms with E-state index >= 15 is 0 Å². The SMILES string of the molecule is CCOC(=O)c1cn2c(cc1=O)-c1cc(C3CC3)c(OCC3CC3)cc1CC2(C)C(C)C. The zero-order valence-corrected chi connectivity index (χ0v) is 19.6. The highest BCUT2D eigenvalue weighted by Crippen LogP contribution is 2.49. The molecule has 5 rings (SSSR count). The first-order valence-electron chi connectivity index (χ1n) is 12.1. The van der Waals surface area contributed by atoms with Crippen LogP contribution < -0.4 is 10.2 Å². The monoisotopic (exact) mass is 435 g/mol. The second kappa shape index (κ2) is 7.79. The fraction of sp³-hybridized carbons (Fsp3) is 0.556. The number of esters is 1. The van der Waals surface area contributed by atoms with E-state index in [1.54, 1.807) is 19.2 Å². The quantitative estimate of drug-likeness (QED) is 0.555. The largest absolute Gasteiger partial charge is 0.493 e. The van der Waals surface area contributed by atoms with E-state index in [1.807, 2.05) is 0 Å². The third kappa shape index (κ3) is 3.66. The zero-order chi connectivity index (χ0) is 22.6. The van der Waals surface area contributed by atoms with Crippen molar-refractivity contribution in [3.63, 3.8) is 0 Å². The van der Waals surface area contributed by atoms with E-state index in [-0.39, 0.29) is 23.1 Å². The Balaban J connectivity index is 1.66. The number of ether oxygens (including phenoxy) is 2. The highest BCUT2D eigenvalue weighted by atomic mass is 16.5. The number of nitrogens with zero attached hydrogens (tertiary/aromatic N) is 1. The molecular formula is C27H33NO4. The summed E-state index contributed by atoms with van der Waals surface area (Å²) in [5, 5.41) is 0. The maximum Gasteiger partial charge on any atom is 0.343 e. The van der Waals surface area contributed by atoms with Crippen LogP contribution in [0.15, 0.2) is 29.2 Å². The number of pyridine rings is 1. The normalized spacial score (nSPS) is 21.8.